The molecule has 1 aliphatic rings. The van der Waals surface area contributed by atoms with Gasteiger partial charge in [0.25, 0.3) is 5.91 Å². The lowest BCUT2D eigenvalue weighted by atomic mass is 10.2. The molecule has 1 N–H and O–H groups in total. The predicted octanol–water partition coefficient (Wildman–Crippen LogP) is 2.06. The van der Waals surface area contributed by atoms with Gasteiger partial charge in [-0.15, -0.1) is 0 Å². The van der Waals surface area contributed by atoms with Crippen molar-refractivity contribution in [2.45, 2.75) is 13.3 Å². The number of hydrogen-bond acceptors (Lipinski definition) is 5. The van der Waals surface area contributed by atoms with E-state index in [1.807, 2.05) is 6.92 Å². The van der Waals surface area contributed by atoms with Crippen molar-refractivity contribution in [1.82, 2.24) is 14.8 Å². The summed E-state index contributed by atoms with van der Waals surface area (Å²) in [6, 6.07) is 4.99. The highest BCUT2D eigenvalue weighted by Crippen LogP contribution is 2.38. The minimum atomic E-state index is -0.435. The van der Waals surface area contributed by atoms with Crippen LogP contribution in [-0.2, 0) is 14.3 Å². The molecule has 120 valence electrons. The van der Waals surface area contributed by atoms with E-state index in [-0.39, 0.29) is 18.5 Å². The van der Waals surface area contributed by atoms with Gasteiger partial charge < -0.3 is 10.1 Å². The molecule has 0 saturated heterocycles. The van der Waals surface area contributed by atoms with Crippen LogP contribution in [0.4, 0.5) is 5.69 Å². The van der Waals surface area contributed by atoms with Gasteiger partial charge in [-0.05, 0) is 30.5 Å². The highest BCUT2D eigenvalue weighted by molar-refractivity contribution is 6.31. The Bertz CT molecular complexity index is 732. The Hall–Kier alpha value is -2.41. The van der Waals surface area contributed by atoms with Crippen molar-refractivity contribution in [1.29, 1.82) is 0 Å². The highest BCUT2D eigenvalue weighted by Gasteiger charge is 2.40. The van der Waals surface area contributed by atoms with Crippen LogP contribution in [0.1, 0.15) is 13.3 Å². The number of anilines is 1. The molecule has 2 atom stereocenters. The Morgan fingerprint density at radius 1 is 1.48 bits per heavy atom. The number of rotatable bonds is 5. The molecule has 1 aromatic carbocycles. The molecule has 7 nitrogen and oxygen atoms in total. The molecule has 23 heavy (non-hydrogen) atoms. The van der Waals surface area contributed by atoms with Gasteiger partial charge in [0, 0.05) is 5.02 Å². The Morgan fingerprint density at radius 3 is 2.91 bits per heavy atom. The Balaban J connectivity index is 1.66. The fourth-order valence-electron chi connectivity index (χ4n) is 2.22. The lowest BCUT2D eigenvalue weighted by Crippen LogP contribution is -2.22. The summed E-state index contributed by atoms with van der Waals surface area (Å²) in [5, 5.41) is 7.17. The van der Waals surface area contributed by atoms with E-state index in [1.54, 1.807) is 18.2 Å². The van der Waals surface area contributed by atoms with E-state index >= 15 is 0 Å². The predicted molar refractivity (Wildman–Crippen MR) is 83.2 cm³/mol. The molecule has 3 rings (SSSR count). The van der Waals surface area contributed by atoms with E-state index < -0.39 is 5.91 Å². The van der Waals surface area contributed by atoms with E-state index in [0.717, 1.165) is 6.42 Å². The molecule has 1 aliphatic carbocycles. The van der Waals surface area contributed by atoms with Gasteiger partial charge in [0.1, 0.15) is 12.7 Å². The van der Waals surface area contributed by atoms with E-state index in [0.29, 0.717) is 22.3 Å². The summed E-state index contributed by atoms with van der Waals surface area (Å²) in [5.74, 6) is -0.484. The third-order valence-corrected chi connectivity index (χ3v) is 3.89. The number of nitrogens with zero attached hydrogens (tertiary/aromatic N) is 3. The molecule has 2 aromatic rings. The van der Waals surface area contributed by atoms with Gasteiger partial charge in [-0.25, -0.2) is 9.67 Å². The van der Waals surface area contributed by atoms with Gasteiger partial charge >= 0.3 is 5.97 Å². The van der Waals surface area contributed by atoms with E-state index in [1.165, 1.54) is 17.3 Å². The summed E-state index contributed by atoms with van der Waals surface area (Å²) in [5.41, 5.74) is 1.08. The van der Waals surface area contributed by atoms with Gasteiger partial charge in [0.2, 0.25) is 0 Å². The molecule has 0 radical (unpaired) electrons. The molecule has 1 amide bonds. The number of benzene rings is 1. The average Bonchev–Trinajstić information content (AvgIpc) is 3.01. The summed E-state index contributed by atoms with van der Waals surface area (Å²) >= 11 is 5.97. The van der Waals surface area contributed by atoms with Crippen molar-refractivity contribution in [2.24, 2.45) is 11.8 Å². The zero-order chi connectivity index (χ0) is 16.4. The standard InChI is InChI=1S/C15H15ClN4O3/c1-9-4-11(9)15(22)23-6-14(21)19-12-5-10(16)2-3-13(12)20-8-17-7-18-20/h2-3,5,7-9,11H,4,6H2,1H3,(H,19,21)/t9-,11+/m1/s1. The monoisotopic (exact) mass is 334 g/mol. The second-order valence-corrected chi connectivity index (χ2v) is 5.91. The van der Waals surface area contributed by atoms with Crippen molar-refractivity contribution >= 4 is 29.2 Å². The number of carbonyl (C=O) groups excluding carboxylic acids is 2. The van der Waals surface area contributed by atoms with Crippen LogP contribution in [-0.4, -0.2) is 33.2 Å². The van der Waals surface area contributed by atoms with Crippen LogP contribution in [0, 0.1) is 11.8 Å². The Labute approximate surface area is 137 Å². The van der Waals surface area contributed by atoms with Crippen LogP contribution in [0.2, 0.25) is 5.02 Å². The first kappa shape index (κ1) is 15.5. The first-order valence-corrected chi connectivity index (χ1v) is 7.53. The minimum Gasteiger partial charge on any atom is -0.455 e. The maximum atomic E-state index is 12.0. The smallest absolute Gasteiger partial charge is 0.309 e. The number of carbonyl (C=O) groups is 2. The fraction of sp³-hybridized carbons (Fsp3) is 0.333. The van der Waals surface area contributed by atoms with Crippen molar-refractivity contribution in [3.05, 3.63) is 35.9 Å². The van der Waals surface area contributed by atoms with Crippen LogP contribution in [0.3, 0.4) is 0 Å². The first-order chi connectivity index (χ1) is 11.0. The summed E-state index contributed by atoms with van der Waals surface area (Å²) in [7, 11) is 0. The van der Waals surface area contributed by atoms with Crippen LogP contribution >= 0.6 is 11.6 Å². The second-order valence-electron chi connectivity index (χ2n) is 5.48. The van der Waals surface area contributed by atoms with E-state index in [4.69, 9.17) is 16.3 Å². The normalized spacial score (nSPS) is 19.2. The largest absolute Gasteiger partial charge is 0.455 e. The molecule has 1 fully saturated rings. The van der Waals surface area contributed by atoms with Gasteiger partial charge in [-0.2, -0.15) is 5.10 Å². The number of esters is 1. The maximum absolute atomic E-state index is 12.0. The molecule has 8 heteroatoms. The van der Waals surface area contributed by atoms with Gasteiger partial charge in [0.05, 0.1) is 17.3 Å². The molecule has 1 heterocycles. The molecule has 0 spiro atoms. The number of hydrogen-bond donors (Lipinski definition) is 1. The lowest BCUT2D eigenvalue weighted by molar-refractivity contribution is -0.148. The van der Waals surface area contributed by atoms with Gasteiger partial charge in [0.15, 0.2) is 6.61 Å². The maximum Gasteiger partial charge on any atom is 0.309 e. The molecule has 1 aromatic heterocycles. The number of aromatic nitrogens is 3. The minimum absolute atomic E-state index is 0.0697. The topological polar surface area (TPSA) is 86.1 Å². The third kappa shape index (κ3) is 3.68. The summed E-state index contributed by atoms with van der Waals surface area (Å²) in [6.07, 6.45) is 3.72. The number of nitrogens with one attached hydrogen (secondary N) is 1. The van der Waals surface area contributed by atoms with Crippen molar-refractivity contribution in [2.75, 3.05) is 11.9 Å². The molecule has 1 saturated carbocycles. The highest BCUT2D eigenvalue weighted by atomic mass is 35.5. The van der Waals surface area contributed by atoms with E-state index in [9.17, 15) is 9.59 Å². The van der Waals surface area contributed by atoms with E-state index in [2.05, 4.69) is 15.4 Å². The summed E-state index contributed by atoms with van der Waals surface area (Å²) in [4.78, 5) is 27.5. The van der Waals surface area contributed by atoms with Crippen LogP contribution < -0.4 is 5.32 Å². The Kier molecular flexibility index (Phi) is 4.29. The van der Waals surface area contributed by atoms with Gasteiger partial charge in [-0.1, -0.05) is 18.5 Å². The molecular weight excluding hydrogens is 320 g/mol. The molecule has 0 unspecified atom stereocenters. The lowest BCUT2D eigenvalue weighted by Gasteiger charge is -2.11. The van der Waals surface area contributed by atoms with Gasteiger partial charge in [-0.3, -0.25) is 9.59 Å². The second kappa shape index (κ2) is 6.37. The van der Waals surface area contributed by atoms with Crippen LogP contribution in [0.15, 0.2) is 30.9 Å². The number of amides is 1. The van der Waals surface area contributed by atoms with Crippen molar-refractivity contribution in [3.63, 3.8) is 0 Å². The zero-order valence-corrected chi connectivity index (χ0v) is 13.2. The molecular formula is C15H15ClN4O3. The Morgan fingerprint density at radius 2 is 2.26 bits per heavy atom. The molecule has 0 bridgehead atoms. The zero-order valence-electron chi connectivity index (χ0n) is 12.4. The fourth-order valence-corrected chi connectivity index (χ4v) is 2.39. The number of halogens is 1. The SMILES string of the molecule is C[C@@H]1C[C@@H]1C(=O)OCC(=O)Nc1cc(Cl)ccc1-n1cncn1. The quantitative estimate of drug-likeness (QED) is 0.846. The third-order valence-electron chi connectivity index (χ3n) is 3.66. The summed E-state index contributed by atoms with van der Waals surface area (Å²) < 4.78 is 6.52. The van der Waals surface area contributed by atoms with Crippen LogP contribution in [0.25, 0.3) is 5.69 Å². The van der Waals surface area contributed by atoms with Crippen molar-refractivity contribution < 1.29 is 14.3 Å². The average molecular weight is 335 g/mol. The molecule has 0 aliphatic heterocycles. The van der Waals surface area contributed by atoms with Crippen molar-refractivity contribution in [3.8, 4) is 5.69 Å². The first-order valence-electron chi connectivity index (χ1n) is 7.15. The van der Waals surface area contributed by atoms with Crippen LogP contribution in [0.5, 0.6) is 0 Å². The summed E-state index contributed by atoms with van der Waals surface area (Å²) in [6.45, 7) is 1.65. The number of ether oxygens (including phenoxy) is 1.